The van der Waals surface area contributed by atoms with E-state index >= 15 is 0 Å². The fourth-order valence-electron chi connectivity index (χ4n) is 2.21. The molecule has 0 amide bonds. The molecule has 1 aliphatic heterocycles. The van der Waals surface area contributed by atoms with Crippen molar-refractivity contribution in [3.8, 4) is 10.4 Å². The van der Waals surface area contributed by atoms with Crippen LogP contribution in [0.15, 0.2) is 30.3 Å². The molecule has 3 rings (SSSR count). The molecule has 0 spiro atoms. The third-order valence-corrected chi connectivity index (χ3v) is 4.64. The summed E-state index contributed by atoms with van der Waals surface area (Å²) in [5, 5.41) is 4.30. The van der Waals surface area contributed by atoms with Gasteiger partial charge in [-0.05, 0) is 42.7 Å². The molecule has 1 aliphatic rings. The van der Waals surface area contributed by atoms with Crippen LogP contribution in [0.2, 0.25) is 5.02 Å². The minimum absolute atomic E-state index is 0.593. The SMILES string of the molecule is CC1Cc2cc(-c3ccc(Cl)cc3)sc2CN1. The van der Waals surface area contributed by atoms with Crippen LogP contribution >= 0.6 is 22.9 Å². The molecule has 1 N–H and O–H groups in total. The van der Waals surface area contributed by atoms with E-state index in [0.717, 1.165) is 18.0 Å². The van der Waals surface area contributed by atoms with Crippen LogP contribution in [-0.2, 0) is 13.0 Å². The molecular formula is C14H14ClNS. The lowest BCUT2D eigenvalue weighted by Crippen LogP contribution is -2.31. The lowest BCUT2D eigenvalue weighted by molar-refractivity contribution is 0.520. The van der Waals surface area contributed by atoms with Crippen LogP contribution in [0.3, 0.4) is 0 Å². The number of benzene rings is 1. The number of nitrogens with one attached hydrogen (secondary N) is 1. The molecule has 0 bridgehead atoms. The quantitative estimate of drug-likeness (QED) is 0.817. The van der Waals surface area contributed by atoms with Crippen molar-refractivity contribution in [2.24, 2.45) is 0 Å². The summed E-state index contributed by atoms with van der Waals surface area (Å²) in [5.74, 6) is 0. The highest BCUT2D eigenvalue weighted by atomic mass is 35.5. The summed E-state index contributed by atoms with van der Waals surface area (Å²) in [5.41, 5.74) is 2.77. The first-order valence-electron chi connectivity index (χ1n) is 5.83. The van der Waals surface area contributed by atoms with Crippen LogP contribution in [0.4, 0.5) is 0 Å². The van der Waals surface area contributed by atoms with Crippen molar-refractivity contribution in [3.63, 3.8) is 0 Å². The van der Waals surface area contributed by atoms with Gasteiger partial charge in [0.15, 0.2) is 0 Å². The van der Waals surface area contributed by atoms with Crippen molar-refractivity contribution in [2.45, 2.75) is 25.9 Å². The Bertz CT molecular complexity index is 530. The Hall–Kier alpha value is -0.830. The number of hydrogen-bond acceptors (Lipinski definition) is 2. The molecule has 88 valence electrons. The fourth-order valence-corrected chi connectivity index (χ4v) is 3.49. The molecule has 1 aromatic heterocycles. The van der Waals surface area contributed by atoms with Crippen molar-refractivity contribution in [1.82, 2.24) is 5.32 Å². The van der Waals surface area contributed by atoms with Gasteiger partial charge in [0.2, 0.25) is 0 Å². The summed E-state index contributed by atoms with van der Waals surface area (Å²) in [6, 6.07) is 11.0. The average molecular weight is 264 g/mol. The van der Waals surface area contributed by atoms with Crippen molar-refractivity contribution in [2.75, 3.05) is 0 Å². The maximum atomic E-state index is 5.91. The first kappa shape index (κ1) is 11.3. The first-order valence-corrected chi connectivity index (χ1v) is 7.03. The van der Waals surface area contributed by atoms with Crippen molar-refractivity contribution >= 4 is 22.9 Å². The van der Waals surface area contributed by atoms with Gasteiger partial charge in [0, 0.05) is 27.4 Å². The Morgan fingerprint density at radius 2 is 2.06 bits per heavy atom. The molecule has 2 heterocycles. The third kappa shape index (κ3) is 2.25. The van der Waals surface area contributed by atoms with Gasteiger partial charge in [0.1, 0.15) is 0 Å². The minimum atomic E-state index is 0.593. The number of thiophene rings is 1. The Balaban J connectivity index is 1.97. The number of rotatable bonds is 1. The normalized spacial score (nSPS) is 19.1. The molecule has 0 fully saturated rings. The second-order valence-electron chi connectivity index (χ2n) is 4.55. The smallest absolute Gasteiger partial charge is 0.0406 e. The minimum Gasteiger partial charge on any atom is -0.309 e. The lowest BCUT2D eigenvalue weighted by Gasteiger charge is -2.19. The fraction of sp³-hybridized carbons (Fsp3) is 0.286. The zero-order valence-electron chi connectivity index (χ0n) is 9.66. The lowest BCUT2D eigenvalue weighted by atomic mass is 10.0. The maximum absolute atomic E-state index is 5.91. The summed E-state index contributed by atoms with van der Waals surface area (Å²) in [6.45, 7) is 3.25. The van der Waals surface area contributed by atoms with E-state index in [1.54, 1.807) is 0 Å². The van der Waals surface area contributed by atoms with Gasteiger partial charge >= 0.3 is 0 Å². The van der Waals surface area contributed by atoms with Crippen molar-refractivity contribution in [1.29, 1.82) is 0 Å². The van der Waals surface area contributed by atoms with Gasteiger partial charge in [-0.3, -0.25) is 0 Å². The van der Waals surface area contributed by atoms with E-state index in [4.69, 9.17) is 11.6 Å². The predicted octanol–water partition coefficient (Wildman–Crippen LogP) is 4.10. The van der Waals surface area contributed by atoms with Crippen LogP contribution < -0.4 is 5.32 Å². The average Bonchev–Trinajstić information content (AvgIpc) is 2.72. The monoisotopic (exact) mass is 263 g/mol. The van der Waals surface area contributed by atoms with Crippen LogP contribution in [-0.4, -0.2) is 6.04 Å². The molecule has 0 aliphatic carbocycles. The van der Waals surface area contributed by atoms with Crippen LogP contribution in [0.5, 0.6) is 0 Å². The zero-order valence-corrected chi connectivity index (χ0v) is 11.2. The molecular weight excluding hydrogens is 250 g/mol. The highest BCUT2D eigenvalue weighted by Gasteiger charge is 2.17. The van der Waals surface area contributed by atoms with E-state index in [9.17, 15) is 0 Å². The molecule has 0 saturated carbocycles. The molecule has 3 heteroatoms. The maximum Gasteiger partial charge on any atom is 0.0406 e. The van der Waals surface area contributed by atoms with Gasteiger partial charge in [-0.25, -0.2) is 0 Å². The van der Waals surface area contributed by atoms with Gasteiger partial charge in [-0.1, -0.05) is 23.7 Å². The standard InChI is InChI=1S/C14H14ClNS/c1-9-6-11-7-13(17-14(11)8-16-9)10-2-4-12(15)5-3-10/h2-5,7,9,16H,6,8H2,1H3. The number of fused-ring (bicyclic) bond motifs is 1. The second-order valence-corrected chi connectivity index (χ2v) is 6.13. The Morgan fingerprint density at radius 3 is 2.82 bits per heavy atom. The summed E-state index contributed by atoms with van der Waals surface area (Å²) in [4.78, 5) is 2.83. The second kappa shape index (κ2) is 4.45. The van der Waals surface area contributed by atoms with E-state index in [1.165, 1.54) is 20.9 Å². The van der Waals surface area contributed by atoms with Crippen LogP contribution in [0.25, 0.3) is 10.4 Å². The van der Waals surface area contributed by atoms with Gasteiger partial charge in [-0.15, -0.1) is 11.3 Å². The Kier molecular flexibility index (Phi) is 2.95. The van der Waals surface area contributed by atoms with E-state index in [-0.39, 0.29) is 0 Å². The van der Waals surface area contributed by atoms with Crippen molar-refractivity contribution in [3.05, 3.63) is 45.8 Å². The van der Waals surface area contributed by atoms with E-state index in [1.807, 2.05) is 23.5 Å². The largest absolute Gasteiger partial charge is 0.309 e. The molecule has 17 heavy (non-hydrogen) atoms. The molecule has 1 atom stereocenters. The summed E-state index contributed by atoms with van der Waals surface area (Å²) < 4.78 is 0. The highest BCUT2D eigenvalue weighted by Crippen LogP contribution is 2.34. The third-order valence-electron chi connectivity index (χ3n) is 3.16. The predicted molar refractivity (Wildman–Crippen MR) is 74.8 cm³/mol. The highest BCUT2D eigenvalue weighted by molar-refractivity contribution is 7.15. The van der Waals surface area contributed by atoms with E-state index < -0.39 is 0 Å². The molecule has 1 unspecified atom stereocenters. The molecule has 0 saturated heterocycles. The molecule has 2 aromatic rings. The van der Waals surface area contributed by atoms with E-state index in [2.05, 4.69) is 30.4 Å². The van der Waals surface area contributed by atoms with Gasteiger partial charge in [0.25, 0.3) is 0 Å². The zero-order chi connectivity index (χ0) is 11.8. The molecule has 1 aromatic carbocycles. The van der Waals surface area contributed by atoms with Crippen LogP contribution in [0, 0.1) is 0 Å². The van der Waals surface area contributed by atoms with E-state index in [0.29, 0.717) is 6.04 Å². The summed E-state index contributed by atoms with van der Waals surface area (Å²) in [6.07, 6.45) is 1.14. The van der Waals surface area contributed by atoms with Crippen molar-refractivity contribution < 1.29 is 0 Å². The Labute approximate surface area is 110 Å². The summed E-state index contributed by atoms with van der Waals surface area (Å²) >= 11 is 7.80. The number of halogens is 1. The van der Waals surface area contributed by atoms with Gasteiger partial charge < -0.3 is 5.32 Å². The van der Waals surface area contributed by atoms with Gasteiger partial charge in [-0.2, -0.15) is 0 Å². The topological polar surface area (TPSA) is 12.0 Å². The number of hydrogen-bond donors (Lipinski definition) is 1. The van der Waals surface area contributed by atoms with Gasteiger partial charge in [0.05, 0.1) is 0 Å². The summed E-state index contributed by atoms with van der Waals surface area (Å²) in [7, 11) is 0. The molecule has 0 radical (unpaired) electrons. The molecule has 1 nitrogen and oxygen atoms in total. The first-order chi connectivity index (χ1) is 8.22. The van der Waals surface area contributed by atoms with Crippen LogP contribution in [0.1, 0.15) is 17.4 Å². The Morgan fingerprint density at radius 1 is 1.29 bits per heavy atom.